The van der Waals surface area contributed by atoms with E-state index in [1.165, 1.54) is 31.4 Å². The van der Waals surface area contributed by atoms with Crippen LogP contribution in [0.25, 0.3) is 0 Å². The summed E-state index contributed by atoms with van der Waals surface area (Å²) in [5.74, 6) is 1.43. The van der Waals surface area contributed by atoms with Crippen LogP contribution in [0.1, 0.15) is 37.3 Å². The minimum atomic E-state index is 0. The highest BCUT2D eigenvalue weighted by atomic mass is 35.5. The molecule has 0 bridgehead atoms. The van der Waals surface area contributed by atoms with Gasteiger partial charge in [0.1, 0.15) is 0 Å². The van der Waals surface area contributed by atoms with Crippen LogP contribution in [-0.2, 0) is 0 Å². The molecule has 4 nitrogen and oxygen atoms in total. The number of hydrogen-bond donors (Lipinski definition) is 2. The maximum Gasteiger partial charge on any atom is 0.223 e. The van der Waals surface area contributed by atoms with Crippen molar-refractivity contribution in [3.8, 4) is 0 Å². The molecular weight excluding hydrogens is 271 g/mol. The normalized spacial score (nSPS) is 19.6. The van der Waals surface area contributed by atoms with Gasteiger partial charge in [0.05, 0.1) is 0 Å². The molecule has 2 heterocycles. The van der Waals surface area contributed by atoms with Gasteiger partial charge in [-0.15, -0.1) is 24.8 Å². The van der Waals surface area contributed by atoms with E-state index in [4.69, 9.17) is 0 Å². The molecule has 18 heavy (non-hydrogen) atoms. The van der Waals surface area contributed by atoms with E-state index in [0.29, 0.717) is 12.0 Å². The summed E-state index contributed by atoms with van der Waals surface area (Å²) in [6.45, 7) is 2.22. The molecule has 0 radical (unpaired) electrons. The van der Waals surface area contributed by atoms with Gasteiger partial charge in [-0.25, -0.2) is 9.97 Å². The number of aromatic nitrogens is 2. The Labute approximate surface area is 120 Å². The van der Waals surface area contributed by atoms with Crippen LogP contribution in [-0.4, -0.2) is 29.1 Å². The van der Waals surface area contributed by atoms with Crippen molar-refractivity contribution < 1.29 is 0 Å². The molecule has 3 rings (SSSR count). The second-order valence-corrected chi connectivity index (χ2v) is 4.75. The van der Waals surface area contributed by atoms with Crippen LogP contribution in [0.2, 0.25) is 0 Å². The minimum Gasteiger partial charge on any atom is -0.351 e. The van der Waals surface area contributed by atoms with Crippen LogP contribution in [0, 0.1) is 0 Å². The lowest BCUT2D eigenvalue weighted by atomic mass is 9.94. The smallest absolute Gasteiger partial charge is 0.223 e. The summed E-state index contributed by atoms with van der Waals surface area (Å²) in [6, 6.07) is 2.69. The molecule has 1 aliphatic heterocycles. The first-order valence-corrected chi connectivity index (χ1v) is 6.22. The standard InChI is InChI=1S/C12H18N4.2ClH/c1-2-10(1)15-12-14-8-5-11(16-12)9-3-6-13-7-4-9;;/h5,8-10,13H,1-4,6-7H2,(H,14,15,16);2*1H. The number of anilines is 1. The molecule has 0 atom stereocenters. The molecular formula is C12H20Cl2N4. The van der Waals surface area contributed by atoms with Crippen molar-refractivity contribution in [1.29, 1.82) is 0 Å². The highest BCUT2D eigenvalue weighted by Crippen LogP contribution is 2.26. The summed E-state index contributed by atoms with van der Waals surface area (Å²) >= 11 is 0. The predicted molar refractivity (Wildman–Crippen MR) is 78.0 cm³/mol. The number of hydrogen-bond acceptors (Lipinski definition) is 4. The van der Waals surface area contributed by atoms with Crippen molar-refractivity contribution >= 4 is 30.8 Å². The fraction of sp³-hybridized carbons (Fsp3) is 0.667. The molecule has 2 aliphatic rings. The van der Waals surface area contributed by atoms with Crippen molar-refractivity contribution in [2.24, 2.45) is 0 Å². The molecule has 0 amide bonds. The largest absolute Gasteiger partial charge is 0.351 e. The zero-order chi connectivity index (χ0) is 10.8. The number of nitrogens with one attached hydrogen (secondary N) is 2. The van der Waals surface area contributed by atoms with Gasteiger partial charge in [-0.1, -0.05) is 0 Å². The van der Waals surface area contributed by atoms with E-state index < -0.39 is 0 Å². The van der Waals surface area contributed by atoms with E-state index in [0.717, 1.165) is 19.0 Å². The lowest BCUT2D eigenvalue weighted by Gasteiger charge is -2.22. The van der Waals surface area contributed by atoms with Gasteiger partial charge < -0.3 is 10.6 Å². The predicted octanol–water partition coefficient (Wildman–Crippen LogP) is 2.36. The van der Waals surface area contributed by atoms with Crippen LogP contribution >= 0.6 is 24.8 Å². The maximum absolute atomic E-state index is 4.63. The number of halogens is 2. The first-order chi connectivity index (χ1) is 7.92. The molecule has 0 aromatic carbocycles. The third kappa shape index (κ3) is 3.97. The number of piperidine rings is 1. The third-order valence-corrected chi connectivity index (χ3v) is 3.35. The summed E-state index contributed by atoms with van der Waals surface area (Å²) in [7, 11) is 0. The van der Waals surface area contributed by atoms with E-state index >= 15 is 0 Å². The maximum atomic E-state index is 4.63. The van der Waals surface area contributed by atoms with Gasteiger partial charge in [0, 0.05) is 23.9 Å². The molecule has 6 heteroatoms. The Bertz CT molecular complexity index is 365. The van der Waals surface area contributed by atoms with E-state index in [-0.39, 0.29) is 24.8 Å². The highest BCUT2D eigenvalue weighted by Gasteiger charge is 2.22. The average molecular weight is 291 g/mol. The Morgan fingerprint density at radius 2 is 1.83 bits per heavy atom. The number of rotatable bonds is 3. The molecule has 1 aliphatic carbocycles. The SMILES string of the molecule is Cl.Cl.c1cc(C2CCNCC2)nc(NC2CC2)n1. The second-order valence-electron chi connectivity index (χ2n) is 4.75. The Morgan fingerprint density at radius 3 is 2.50 bits per heavy atom. The summed E-state index contributed by atoms with van der Waals surface area (Å²) in [5.41, 5.74) is 1.21. The lowest BCUT2D eigenvalue weighted by Crippen LogP contribution is -2.27. The quantitative estimate of drug-likeness (QED) is 0.897. The Morgan fingerprint density at radius 1 is 1.11 bits per heavy atom. The van der Waals surface area contributed by atoms with Crippen LogP contribution in [0.5, 0.6) is 0 Å². The van der Waals surface area contributed by atoms with Crippen LogP contribution in [0.15, 0.2) is 12.3 Å². The van der Waals surface area contributed by atoms with Crippen LogP contribution < -0.4 is 10.6 Å². The Kier molecular flexibility index (Phi) is 6.12. The van der Waals surface area contributed by atoms with E-state index in [1.54, 1.807) is 0 Å². The fourth-order valence-electron chi connectivity index (χ4n) is 2.20. The van der Waals surface area contributed by atoms with Crippen LogP contribution in [0.3, 0.4) is 0 Å². The van der Waals surface area contributed by atoms with Gasteiger partial charge in [0.15, 0.2) is 0 Å². The number of nitrogens with zero attached hydrogens (tertiary/aromatic N) is 2. The van der Waals surface area contributed by atoms with Gasteiger partial charge in [0.25, 0.3) is 0 Å². The van der Waals surface area contributed by atoms with Gasteiger partial charge in [-0.05, 0) is 44.8 Å². The second kappa shape index (κ2) is 7.12. The zero-order valence-electron chi connectivity index (χ0n) is 10.3. The van der Waals surface area contributed by atoms with Crippen LogP contribution in [0.4, 0.5) is 5.95 Å². The lowest BCUT2D eigenvalue weighted by molar-refractivity contribution is 0.453. The van der Waals surface area contributed by atoms with E-state index in [1.807, 2.05) is 6.20 Å². The molecule has 2 N–H and O–H groups in total. The highest BCUT2D eigenvalue weighted by molar-refractivity contribution is 5.85. The molecule has 1 aromatic rings. The van der Waals surface area contributed by atoms with E-state index in [2.05, 4.69) is 26.7 Å². The first-order valence-electron chi connectivity index (χ1n) is 6.22. The molecule has 0 unspecified atom stereocenters. The van der Waals surface area contributed by atoms with Gasteiger partial charge in [-0.3, -0.25) is 0 Å². The van der Waals surface area contributed by atoms with Crippen molar-refractivity contribution in [3.63, 3.8) is 0 Å². The van der Waals surface area contributed by atoms with Crippen molar-refractivity contribution in [3.05, 3.63) is 18.0 Å². The first kappa shape index (κ1) is 15.5. The third-order valence-electron chi connectivity index (χ3n) is 3.35. The fourth-order valence-corrected chi connectivity index (χ4v) is 2.20. The monoisotopic (exact) mass is 290 g/mol. The Balaban J connectivity index is 0.000000810. The summed E-state index contributed by atoms with van der Waals surface area (Å²) < 4.78 is 0. The van der Waals surface area contributed by atoms with E-state index in [9.17, 15) is 0 Å². The molecule has 102 valence electrons. The molecule has 0 spiro atoms. The molecule has 1 saturated carbocycles. The summed E-state index contributed by atoms with van der Waals surface area (Å²) in [6.07, 6.45) is 6.80. The topological polar surface area (TPSA) is 49.8 Å². The van der Waals surface area contributed by atoms with Gasteiger partial charge in [-0.2, -0.15) is 0 Å². The van der Waals surface area contributed by atoms with Crippen molar-refractivity contribution in [1.82, 2.24) is 15.3 Å². The average Bonchev–Trinajstić information content (AvgIpc) is 3.15. The van der Waals surface area contributed by atoms with Gasteiger partial charge >= 0.3 is 0 Å². The molecule has 1 aromatic heterocycles. The molecule has 1 saturated heterocycles. The zero-order valence-corrected chi connectivity index (χ0v) is 11.9. The molecule has 2 fully saturated rings. The van der Waals surface area contributed by atoms with Crippen molar-refractivity contribution in [2.75, 3.05) is 18.4 Å². The summed E-state index contributed by atoms with van der Waals surface area (Å²) in [5, 5.41) is 6.74. The minimum absolute atomic E-state index is 0. The summed E-state index contributed by atoms with van der Waals surface area (Å²) in [4.78, 5) is 8.90. The van der Waals surface area contributed by atoms with Gasteiger partial charge in [0.2, 0.25) is 5.95 Å². The Hall–Kier alpha value is -0.580. The van der Waals surface area contributed by atoms with Crippen molar-refractivity contribution in [2.45, 2.75) is 37.6 Å².